The minimum Gasteiger partial charge on any atom is -0.346 e. The molecule has 1 N–H and O–H groups in total. The SMILES string of the molecule is CN(C)CCC(NC(=O)/C=C/c1ccccc1)c1ccc(Cl)cc1.Cl. The predicted molar refractivity (Wildman–Crippen MR) is 108 cm³/mol. The summed E-state index contributed by atoms with van der Waals surface area (Å²) in [6.45, 7) is 0.885. The first-order valence-corrected chi connectivity index (χ1v) is 8.36. The van der Waals surface area contributed by atoms with Crippen LogP contribution in [0.3, 0.4) is 0 Å². The van der Waals surface area contributed by atoms with Gasteiger partial charge in [0.25, 0.3) is 0 Å². The lowest BCUT2D eigenvalue weighted by atomic mass is 10.0. The van der Waals surface area contributed by atoms with E-state index in [-0.39, 0.29) is 24.4 Å². The number of amides is 1. The van der Waals surface area contributed by atoms with E-state index in [0.29, 0.717) is 5.02 Å². The molecule has 0 spiro atoms. The van der Waals surface area contributed by atoms with Crippen molar-refractivity contribution in [1.29, 1.82) is 0 Å². The Hall–Kier alpha value is -1.81. The highest BCUT2D eigenvalue weighted by Crippen LogP contribution is 2.19. The molecule has 3 nitrogen and oxygen atoms in total. The molecule has 0 heterocycles. The first-order chi connectivity index (χ1) is 11.5. The normalized spacial score (nSPS) is 12.0. The molecule has 0 saturated carbocycles. The number of benzene rings is 2. The summed E-state index contributed by atoms with van der Waals surface area (Å²) in [4.78, 5) is 14.4. The Labute approximate surface area is 161 Å². The van der Waals surface area contributed by atoms with E-state index in [9.17, 15) is 4.79 Å². The standard InChI is InChI=1S/C20H23ClN2O.ClH/c1-23(2)15-14-19(17-9-11-18(21)12-10-17)22-20(24)13-8-16-6-4-3-5-7-16;/h3-13,19H,14-15H2,1-2H3,(H,22,24);1H/b13-8+;. The molecule has 0 bridgehead atoms. The number of nitrogens with one attached hydrogen (secondary N) is 1. The zero-order chi connectivity index (χ0) is 17.4. The fraction of sp³-hybridized carbons (Fsp3) is 0.250. The van der Waals surface area contributed by atoms with Gasteiger partial charge in [-0.25, -0.2) is 0 Å². The maximum absolute atomic E-state index is 12.3. The second-order valence-corrected chi connectivity index (χ2v) is 6.39. The van der Waals surface area contributed by atoms with Crippen molar-refractivity contribution in [3.05, 3.63) is 76.8 Å². The van der Waals surface area contributed by atoms with E-state index in [1.807, 2.05) is 74.8 Å². The Bertz CT molecular complexity index is 670. The number of rotatable bonds is 7. The van der Waals surface area contributed by atoms with Gasteiger partial charge in [0.15, 0.2) is 0 Å². The molecule has 1 atom stereocenters. The quantitative estimate of drug-likeness (QED) is 0.714. The van der Waals surface area contributed by atoms with Crippen molar-refractivity contribution in [2.24, 2.45) is 0 Å². The molecule has 0 aliphatic heterocycles. The minimum absolute atomic E-state index is 0. The molecule has 0 aliphatic rings. The Kier molecular flexibility index (Phi) is 9.28. The highest BCUT2D eigenvalue weighted by molar-refractivity contribution is 6.30. The van der Waals surface area contributed by atoms with Crippen molar-refractivity contribution in [2.75, 3.05) is 20.6 Å². The summed E-state index contributed by atoms with van der Waals surface area (Å²) in [5.74, 6) is -0.0995. The van der Waals surface area contributed by atoms with Gasteiger partial charge in [-0.3, -0.25) is 4.79 Å². The Morgan fingerprint density at radius 1 is 1.12 bits per heavy atom. The number of nitrogens with zero attached hydrogens (tertiary/aromatic N) is 1. The molecule has 0 aromatic heterocycles. The molecule has 134 valence electrons. The van der Waals surface area contributed by atoms with Crippen LogP contribution in [0, 0.1) is 0 Å². The first kappa shape index (κ1) is 21.2. The lowest BCUT2D eigenvalue weighted by Gasteiger charge is -2.20. The van der Waals surface area contributed by atoms with Crippen molar-refractivity contribution in [3.63, 3.8) is 0 Å². The van der Waals surface area contributed by atoms with Crippen LogP contribution in [-0.4, -0.2) is 31.4 Å². The smallest absolute Gasteiger partial charge is 0.244 e. The van der Waals surface area contributed by atoms with Gasteiger partial charge in [0, 0.05) is 11.1 Å². The van der Waals surface area contributed by atoms with E-state index in [1.165, 1.54) is 0 Å². The van der Waals surface area contributed by atoms with E-state index in [1.54, 1.807) is 6.08 Å². The van der Waals surface area contributed by atoms with Crippen LogP contribution in [-0.2, 0) is 4.79 Å². The molecule has 2 aromatic rings. The number of hydrogen-bond acceptors (Lipinski definition) is 2. The summed E-state index contributed by atoms with van der Waals surface area (Å²) in [5, 5.41) is 3.78. The zero-order valence-corrected chi connectivity index (χ0v) is 16.1. The molecule has 0 saturated heterocycles. The Morgan fingerprint density at radius 2 is 1.76 bits per heavy atom. The van der Waals surface area contributed by atoms with Crippen LogP contribution in [0.1, 0.15) is 23.6 Å². The summed E-state index contributed by atoms with van der Waals surface area (Å²) in [6.07, 6.45) is 4.23. The molecule has 2 aromatic carbocycles. The predicted octanol–water partition coefficient (Wildman–Crippen LogP) is 4.58. The van der Waals surface area contributed by atoms with Crippen LogP contribution < -0.4 is 5.32 Å². The van der Waals surface area contributed by atoms with Crippen LogP contribution in [0.4, 0.5) is 0 Å². The van der Waals surface area contributed by atoms with Gasteiger partial charge in [0.2, 0.25) is 5.91 Å². The minimum atomic E-state index is -0.0995. The second kappa shape index (κ2) is 10.9. The van der Waals surface area contributed by atoms with Crippen LogP contribution >= 0.6 is 24.0 Å². The van der Waals surface area contributed by atoms with E-state index >= 15 is 0 Å². The Balaban J connectivity index is 0.00000312. The molecule has 25 heavy (non-hydrogen) atoms. The largest absolute Gasteiger partial charge is 0.346 e. The lowest BCUT2D eigenvalue weighted by Crippen LogP contribution is -2.29. The van der Waals surface area contributed by atoms with E-state index < -0.39 is 0 Å². The van der Waals surface area contributed by atoms with Gasteiger partial charge in [-0.1, -0.05) is 54.1 Å². The van der Waals surface area contributed by atoms with Crippen LogP contribution in [0.25, 0.3) is 6.08 Å². The topological polar surface area (TPSA) is 32.3 Å². The van der Waals surface area contributed by atoms with E-state index in [2.05, 4.69) is 10.2 Å². The van der Waals surface area contributed by atoms with Crippen molar-refractivity contribution in [1.82, 2.24) is 10.2 Å². The molecule has 5 heteroatoms. The van der Waals surface area contributed by atoms with Crippen LogP contribution in [0.2, 0.25) is 5.02 Å². The maximum Gasteiger partial charge on any atom is 0.244 e. The number of carbonyl (C=O) groups excluding carboxylic acids is 1. The van der Waals surface area contributed by atoms with Gasteiger partial charge in [0.1, 0.15) is 0 Å². The summed E-state index contributed by atoms with van der Waals surface area (Å²) in [6, 6.07) is 17.4. The average molecular weight is 379 g/mol. The van der Waals surface area contributed by atoms with Gasteiger partial charge in [-0.15, -0.1) is 12.4 Å². The van der Waals surface area contributed by atoms with E-state index in [4.69, 9.17) is 11.6 Å². The number of carbonyl (C=O) groups is 1. The number of hydrogen-bond donors (Lipinski definition) is 1. The summed E-state index contributed by atoms with van der Waals surface area (Å²) in [7, 11) is 4.05. The molecular formula is C20H24Cl2N2O. The second-order valence-electron chi connectivity index (χ2n) is 5.95. The average Bonchev–Trinajstić information content (AvgIpc) is 2.58. The molecule has 0 radical (unpaired) electrons. The third kappa shape index (κ3) is 7.74. The van der Waals surface area contributed by atoms with Crippen molar-refractivity contribution in [3.8, 4) is 0 Å². The first-order valence-electron chi connectivity index (χ1n) is 7.98. The Morgan fingerprint density at radius 3 is 2.36 bits per heavy atom. The van der Waals surface area contributed by atoms with Gasteiger partial charge in [-0.2, -0.15) is 0 Å². The van der Waals surface area contributed by atoms with Crippen LogP contribution in [0.15, 0.2) is 60.7 Å². The van der Waals surface area contributed by atoms with Gasteiger partial charge in [0.05, 0.1) is 6.04 Å². The third-order valence-corrected chi connectivity index (χ3v) is 3.93. The van der Waals surface area contributed by atoms with Crippen molar-refractivity contribution >= 4 is 36.0 Å². The van der Waals surface area contributed by atoms with Crippen molar-refractivity contribution < 1.29 is 4.79 Å². The summed E-state index contributed by atoms with van der Waals surface area (Å²) < 4.78 is 0. The monoisotopic (exact) mass is 378 g/mol. The number of halogens is 2. The molecule has 0 aliphatic carbocycles. The molecule has 2 rings (SSSR count). The van der Waals surface area contributed by atoms with Gasteiger partial charge in [-0.05, 0) is 56.4 Å². The molecular weight excluding hydrogens is 355 g/mol. The lowest BCUT2D eigenvalue weighted by molar-refractivity contribution is -0.117. The highest BCUT2D eigenvalue weighted by atomic mass is 35.5. The fourth-order valence-electron chi connectivity index (χ4n) is 2.36. The molecule has 1 amide bonds. The van der Waals surface area contributed by atoms with Crippen molar-refractivity contribution in [2.45, 2.75) is 12.5 Å². The van der Waals surface area contributed by atoms with E-state index in [0.717, 1.165) is 24.1 Å². The fourth-order valence-corrected chi connectivity index (χ4v) is 2.49. The third-order valence-electron chi connectivity index (χ3n) is 3.68. The zero-order valence-electron chi connectivity index (χ0n) is 14.5. The summed E-state index contributed by atoms with van der Waals surface area (Å²) >= 11 is 5.96. The maximum atomic E-state index is 12.3. The van der Waals surface area contributed by atoms with Gasteiger partial charge < -0.3 is 10.2 Å². The van der Waals surface area contributed by atoms with Gasteiger partial charge >= 0.3 is 0 Å². The molecule has 0 fully saturated rings. The molecule has 1 unspecified atom stereocenters. The summed E-state index contributed by atoms with van der Waals surface area (Å²) in [5.41, 5.74) is 2.06. The van der Waals surface area contributed by atoms with Crippen LogP contribution in [0.5, 0.6) is 0 Å². The highest BCUT2D eigenvalue weighted by Gasteiger charge is 2.13.